The van der Waals surface area contributed by atoms with Crippen LogP contribution in [0.1, 0.15) is 30.0 Å². The van der Waals surface area contributed by atoms with Crippen LogP contribution in [0.2, 0.25) is 0 Å². The van der Waals surface area contributed by atoms with E-state index in [2.05, 4.69) is 17.4 Å². The molecule has 0 saturated carbocycles. The Labute approximate surface area is 200 Å². The summed E-state index contributed by atoms with van der Waals surface area (Å²) >= 11 is 0. The van der Waals surface area contributed by atoms with Gasteiger partial charge in [-0.15, -0.1) is 0 Å². The highest BCUT2D eigenvalue weighted by Gasteiger charge is 2.42. The molecule has 1 aliphatic rings. The Balaban J connectivity index is 1.65. The summed E-state index contributed by atoms with van der Waals surface area (Å²) < 4.78 is 10.9. The van der Waals surface area contributed by atoms with Crippen molar-refractivity contribution in [2.24, 2.45) is 5.92 Å². The lowest BCUT2D eigenvalue weighted by Gasteiger charge is -2.41. The van der Waals surface area contributed by atoms with E-state index in [0.717, 1.165) is 17.7 Å². The van der Waals surface area contributed by atoms with Gasteiger partial charge in [0.15, 0.2) is 0 Å². The summed E-state index contributed by atoms with van der Waals surface area (Å²) in [5.41, 5.74) is 2.71. The maximum absolute atomic E-state index is 13.4. The van der Waals surface area contributed by atoms with E-state index in [1.165, 1.54) is 5.56 Å². The number of ether oxygens (including phenoxy) is 2. The van der Waals surface area contributed by atoms with E-state index in [1.807, 2.05) is 66.7 Å². The van der Waals surface area contributed by atoms with E-state index in [9.17, 15) is 9.59 Å². The van der Waals surface area contributed by atoms with Gasteiger partial charge in [0.05, 0.1) is 26.2 Å². The van der Waals surface area contributed by atoms with Gasteiger partial charge in [-0.1, -0.05) is 48.5 Å². The van der Waals surface area contributed by atoms with Crippen molar-refractivity contribution in [3.8, 4) is 11.5 Å². The Bertz CT molecular complexity index is 1110. The summed E-state index contributed by atoms with van der Waals surface area (Å²) in [6.07, 6.45) is 1.53. The highest BCUT2D eigenvalue weighted by atomic mass is 16.5. The Morgan fingerprint density at radius 2 is 1.65 bits per heavy atom. The number of hydrogen-bond acceptors (Lipinski definition) is 4. The van der Waals surface area contributed by atoms with E-state index in [1.54, 1.807) is 19.1 Å². The average molecular weight is 459 g/mol. The Morgan fingerprint density at radius 3 is 2.35 bits per heavy atom. The molecule has 3 aromatic carbocycles. The lowest BCUT2D eigenvalue weighted by Crippen LogP contribution is -2.48. The van der Waals surface area contributed by atoms with Gasteiger partial charge in [-0.05, 0) is 48.7 Å². The third-order valence-corrected chi connectivity index (χ3v) is 6.30. The highest BCUT2D eigenvalue weighted by molar-refractivity contribution is 5.97. The summed E-state index contributed by atoms with van der Waals surface area (Å²) in [6.45, 7) is 0.536. The third-order valence-electron chi connectivity index (χ3n) is 6.30. The van der Waals surface area contributed by atoms with E-state index in [0.29, 0.717) is 30.9 Å². The summed E-state index contributed by atoms with van der Waals surface area (Å²) in [6, 6.07) is 24.5. The molecule has 34 heavy (non-hydrogen) atoms. The lowest BCUT2D eigenvalue weighted by atomic mass is 9.82. The monoisotopic (exact) mass is 458 g/mol. The molecule has 2 amide bonds. The summed E-state index contributed by atoms with van der Waals surface area (Å²) in [5.74, 6) is 0.874. The summed E-state index contributed by atoms with van der Waals surface area (Å²) in [4.78, 5) is 28.4. The van der Waals surface area contributed by atoms with Crippen molar-refractivity contribution in [2.45, 2.75) is 25.3 Å². The molecule has 0 spiro atoms. The number of nitrogens with zero attached hydrogens (tertiary/aromatic N) is 1. The SMILES string of the molecule is COc1ccc(N2C(=O)CCC(C(=O)NCCc3ccccc3)C2c2ccccc2OC)cc1. The second-order valence-electron chi connectivity index (χ2n) is 8.32. The second-order valence-corrected chi connectivity index (χ2v) is 8.32. The molecule has 1 saturated heterocycles. The molecule has 6 heteroatoms. The first kappa shape index (κ1) is 23.4. The quantitative estimate of drug-likeness (QED) is 0.538. The zero-order valence-corrected chi connectivity index (χ0v) is 19.6. The van der Waals surface area contributed by atoms with Gasteiger partial charge in [0.1, 0.15) is 11.5 Å². The molecule has 176 valence electrons. The van der Waals surface area contributed by atoms with Crippen molar-refractivity contribution >= 4 is 17.5 Å². The maximum Gasteiger partial charge on any atom is 0.227 e. The van der Waals surface area contributed by atoms with Gasteiger partial charge in [0, 0.05) is 24.2 Å². The molecule has 1 N–H and O–H groups in total. The van der Waals surface area contributed by atoms with Crippen molar-refractivity contribution in [3.63, 3.8) is 0 Å². The van der Waals surface area contributed by atoms with Gasteiger partial charge in [-0.3, -0.25) is 9.59 Å². The van der Waals surface area contributed by atoms with Crippen LogP contribution in [0, 0.1) is 5.92 Å². The number of carbonyl (C=O) groups is 2. The number of methoxy groups -OCH3 is 2. The van der Waals surface area contributed by atoms with Crippen LogP contribution in [0.4, 0.5) is 5.69 Å². The minimum atomic E-state index is -0.484. The number of carbonyl (C=O) groups excluding carboxylic acids is 2. The number of para-hydroxylation sites is 1. The van der Waals surface area contributed by atoms with Gasteiger partial charge >= 0.3 is 0 Å². The first-order valence-electron chi connectivity index (χ1n) is 11.5. The molecule has 0 radical (unpaired) electrons. The number of piperidine rings is 1. The molecule has 1 heterocycles. The van der Waals surface area contributed by atoms with E-state index >= 15 is 0 Å². The molecule has 4 rings (SSSR count). The zero-order chi connectivity index (χ0) is 23.9. The first-order valence-corrected chi connectivity index (χ1v) is 11.5. The van der Waals surface area contributed by atoms with Gasteiger partial charge in [0.2, 0.25) is 11.8 Å². The number of amides is 2. The third kappa shape index (κ3) is 5.06. The molecule has 0 aliphatic carbocycles. The Hall–Kier alpha value is -3.80. The van der Waals surface area contributed by atoms with Crippen LogP contribution < -0.4 is 19.7 Å². The van der Waals surface area contributed by atoms with Crippen LogP contribution in [0.3, 0.4) is 0 Å². The number of benzene rings is 3. The largest absolute Gasteiger partial charge is 0.497 e. The molecule has 1 aliphatic heterocycles. The molecule has 6 nitrogen and oxygen atoms in total. The fourth-order valence-corrected chi connectivity index (χ4v) is 4.59. The van der Waals surface area contributed by atoms with Crippen LogP contribution in [0.15, 0.2) is 78.9 Å². The minimum absolute atomic E-state index is 0.0191. The van der Waals surface area contributed by atoms with E-state index in [4.69, 9.17) is 9.47 Å². The molecule has 2 atom stereocenters. The van der Waals surface area contributed by atoms with Crippen molar-refractivity contribution in [1.29, 1.82) is 0 Å². The number of hydrogen-bond donors (Lipinski definition) is 1. The van der Waals surface area contributed by atoms with Crippen LogP contribution in [-0.2, 0) is 16.0 Å². The van der Waals surface area contributed by atoms with Gasteiger partial charge in [-0.2, -0.15) is 0 Å². The second kappa shape index (κ2) is 10.9. The fourth-order valence-electron chi connectivity index (χ4n) is 4.59. The first-order chi connectivity index (χ1) is 16.6. The van der Waals surface area contributed by atoms with E-state index in [-0.39, 0.29) is 11.8 Å². The van der Waals surface area contributed by atoms with Crippen molar-refractivity contribution in [3.05, 3.63) is 90.0 Å². The van der Waals surface area contributed by atoms with Crippen molar-refractivity contribution in [2.75, 3.05) is 25.7 Å². The predicted molar refractivity (Wildman–Crippen MR) is 132 cm³/mol. The molecule has 0 aromatic heterocycles. The summed E-state index contributed by atoms with van der Waals surface area (Å²) in [7, 11) is 3.21. The average Bonchev–Trinajstić information content (AvgIpc) is 2.89. The Morgan fingerprint density at radius 1 is 0.941 bits per heavy atom. The Kier molecular flexibility index (Phi) is 7.48. The predicted octanol–water partition coefficient (Wildman–Crippen LogP) is 4.55. The molecule has 3 aromatic rings. The zero-order valence-electron chi connectivity index (χ0n) is 19.6. The topological polar surface area (TPSA) is 67.9 Å². The van der Waals surface area contributed by atoms with Crippen LogP contribution >= 0.6 is 0 Å². The standard InChI is InChI=1S/C28H30N2O4/c1-33-22-14-12-21(13-15-22)30-26(31)17-16-24(27(30)23-10-6-7-11-25(23)34-2)28(32)29-19-18-20-8-4-3-5-9-20/h3-15,24,27H,16-19H2,1-2H3,(H,29,32). The maximum atomic E-state index is 13.4. The molecule has 0 bridgehead atoms. The summed E-state index contributed by atoms with van der Waals surface area (Å²) in [5, 5.41) is 3.11. The van der Waals surface area contributed by atoms with Crippen LogP contribution in [0.5, 0.6) is 11.5 Å². The fraction of sp³-hybridized carbons (Fsp3) is 0.286. The number of nitrogens with one attached hydrogen (secondary N) is 1. The molecular formula is C28H30N2O4. The van der Waals surface area contributed by atoms with Crippen LogP contribution in [-0.4, -0.2) is 32.6 Å². The molecule has 2 unspecified atom stereocenters. The van der Waals surface area contributed by atoms with Crippen molar-refractivity contribution < 1.29 is 19.1 Å². The lowest BCUT2D eigenvalue weighted by molar-refractivity contribution is -0.129. The van der Waals surface area contributed by atoms with Gasteiger partial charge < -0.3 is 19.7 Å². The van der Waals surface area contributed by atoms with E-state index < -0.39 is 12.0 Å². The smallest absolute Gasteiger partial charge is 0.227 e. The normalized spacial score (nSPS) is 17.8. The van der Waals surface area contributed by atoms with Gasteiger partial charge in [-0.25, -0.2) is 0 Å². The molecular weight excluding hydrogens is 428 g/mol. The number of rotatable bonds is 8. The highest BCUT2D eigenvalue weighted by Crippen LogP contribution is 2.43. The van der Waals surface area contributed by atoms with Crippen LogP contribution in [0.25, 0.3) is 0 Å². The number of anilines is 1. The van der Waals surface area contributed by atoms with Crippen molar-refractivity contribution in [1.82, 2.24) is 5.32 Å². The minimum Gasteiger partial charge on any atom is -0.497 e. The van der Waals surface area contributed by atoms with Gasteiger partial charge in [0.25, 0.3) is 0 Å². The molecule has 1 fully saturated rings.